The highest BCUT2D eigenvalue weighted by atomic mass is 16.3. The van der Waals surface area contributed by atoms with E-state index in [2.05, 4.69) is 28.9 Å². The first-order valence-corrected chi connectivity index (χ1v) is 12.5. The minimum atomic E-state index is -0.432. The van der Waals surface area contributed by atoms with Gasteiger partial charge < -0.3 is 20.2 Å². The topological polar surface area (TPSA) is 55.8 Å². The van der Waals surface area contributed by atoms with Crippen molar-refractivity contribution < 1.29 is 9.90 Å². The molecular formula is C29H37N3O2. The highest BCUT2D eigenvalue weighted by Gasteiger charge is 2.33. The van der Waals surface area contributed by atoms with Gasteiger partial charge in [-0.3, -0.25) is 4.79 Å². The Morgan fingerprint density at radius 2 is 1.79 bits per heavy atom. The molecule has 0 radical (unpaired) electrons. The zero-order valence-electron chi connectivity index (χ0n) is 20.2. The maximum atomic E-state index is 14.0. The van der Waals surface area contributed by atoms with Crippen molar-refractivity contribution in [2.24, 2.45) is 0 Å². The predicted molar refractivity (Wildman–Crippen MR) is 138 cm³/mol. The summed E-state index contributed by atoms with van der Waals surface area (Å²) in [4.78, 5) is 18.1. The highest BCUT2D eigenvalue weighted by molar-refractivity contribution is 6.00. The van der Waals surface area contributed by atoms with E-state index in [9.17, 15) is 9.90 Å². The molecule has 2 aliphatic rings. The first kappa shape index (κ1) is 24.2. The van der Waals surface area contributed by atoms with Crippen LogP contribution in [0.4, 0.5) is 0 Å². The number of aliphatic hydroxyl groups is 1. The lowest BCUT2D eigenvalue weighted by molar-refractivity contribution is -0.130. The van der Waals surface area contributed by atoms with Gasteiger partial charge in [-0.25, -0.2) is 0 Å². The number of rotatable bonds is 7. The summed E-state index contributed by atoms with van der Waals surface area (Å²) < 4.78 is 0. The normalized spacial score (nSPS) is 23.7. The second-order valence-electron chi connectivity index (χ2n) is 9.39. The van der Waals surface area contributed by atoms with E-state index in [-0.39, 0.29) is 18.0 Å². The van der Waals surface area contributed by atoms with E-state index >= 15 is 0 Å². The Kier molecular flexibility index (Phi) is 8.20. The van der Waals surface area contributed by atoms with Gasteiger partial charge in [-0.2, -0.15) is 0 Å². The molecule has 2 aromatic rings. The van der Waals surface area contributed by atoms with Crippen LogP contribution in [-0.4, -0.2) is 58.6 Å². The lowest BCUT2D eigenvalue weighted by Crippen LogP contribution is -2.55. The van der Waals surface area contributed by atoms with E-state index in [1.807, 2.05) is 60.4 Å². The summed E-state index contributed by atoms with van der Waals surface area (Å²) >= 11 is 0. The average molecular weight is 460 g/mol. The molecule has 5 nitrogen and oxygen atoms in total. The number of piperazine rings is 1. The van der Waals surface area contributed by atoms with Crippen LogP contribution >= 0.6 is 0 Å². The second-order valence-corrected chi connectivity index (χ2v) is 9.39. The van der Waals surface area contributed by atoms with E-state index in [0.29, 0.717) is 12.1 Å². The number of carbonyl (C=O) groups excluding carboxylic acids is 1. The molecule has 2 N–H and O–H groups in total. The van der Waals surface area contributed by atoms with Gasteiger partial charge >= 0.3 is 0 Å². The van der Waals surface area contributed by atoms with Crippen molar-refractivity contribution in [1.29, 1.82) is 0 Å². The standard InChI is InChI=1S/C29H37N3O2/c1-3-31(26-16-10-11-17-27(26)33)28(24-14-8-5-9-15-24)22(2)29(34)32-19-18-30-21-25(32)20-23-12-6-4-7-13-23/h3-9,12-15,25-27,30,33H,1,10-11,16-21H2,2H3/b28-22+/t25-,26?,27?/m1/s1. The molecule has 1 aliphatic heterocycles. The van der Waals surface area contributed by atoms with E-state index in [1.165, 1.54) is 5.56 Å². The molecule has 1 saturated heterocycles. The molecule has 4 rings (SSSR count). The number of hydrogen-bond donors (Lipinski definition) is 2. The number of nitrogens with one attached hydrogen (secondary N) is 1. The zero-order chi connectivity index (χ0) is 23.9. The van der Waals surface area contributed by atoms with Crippen LogP contribution in [0.25, 0.3) is 5.70 Å². The van der Waals surface area contributed by atoms with Crippen LogP contribution in [0.2, 0.25) is 0 Å². The minimum absolute atomic E-state index is 0.0541. The van der Waals surface area contributed by atoms with Crippen LogP contribution < -0.4 is 5.32 Å². The number of benzene rings is 2. The number of nitrogens with zero attached hydrogens (tertiary/aromatic N) is 2. The maximum absolute atomic E-state index is 14.0. The third kappa shape index (κ3) is 5.43. The van der Waals surface area contributed by atoms with Crippen molar-refractivity contribution >= 4 is 11.6 Å². The van der Waals surface area contributed by atoms with Crippen molar-refractivity contribution in [2.45, 2.75) is 57.2 Å². The molecule has 1 aliphatic carbocycles. The minimum Gasteiger partial charge on any atom is -0.391 e. The molecule has 1 saturated carbocycles. The lowest BCUT2D eigenvalue weighted by Gasteiger charge is -2.40. The van der Waals surface area contributed by atoms with Gasteiger partial charge in [0.05, 0.1) is 17.8 Å². The van der Waals surface area contributed by atoms with Gasteiger partial charge in [0.15, 0.2) is 0 Å². The largest absolute Gasteiger partial charge is 0.391 e. The third-order valence-electron chi connectivity index (χ3n) is 7.15. The summed E-state index contributed by atoms with van der Waals surface area (Å²) in [5.74, 6) is 0.0541. The quantitative estimate of drug-likeness (QED) is 0.609. The third-order valence-corrected chi connectivity index (χ3v) is 7.15. The monoisotopic (exact) mass is 459 g/mol. The van der Waals surface area contributed by atoms with Crippen molar-refractivity contribution in [1.82, 2.24) is 15.1 Å². The van der Waals surface area contributed by atoms with Crippen LogP contribution in [0.1, 0.15) is 43.7 Å². The van der Waals surface area contributed by atoms with Crippen LogP contribution in [0.5, 0.6) is 0 Å². The molecule has 34 heavy (non-hydrogen) atoms. The Morgan fingerprint density at radius 3 is 2.47 bits per heavy atom. The molecule has 0 bridgehead atoms. The molecule has 2 unspecified atom stereocenters. The zero-order valence-corrected chi connectivity index (χ0v) is 20.2. The van der Waals surface area contributed by atoms with Crippen LogP contribution in [0.3, 0.4) is 0 Å². The molecule has 1 amide bonds. The molecule has 2 aromatic carbocycles. The number of hydrogen-bond acceptors (Lipinski definition) is 4. The van der Waals surface area contributed by atoms with E-state index in [1.54, 1.807) is 6.20 Å². The Bertz CT molecular complexity index is 989. The first-order valence-electron chi connectivity index (χ1n) is 12.5. The average Bonchev–Trinajstić information content (AvgIpc) is 2.88. The summed E-state index contributed by atoms with van der Waals surface area (Å²) in [6, 6.07) is 20.4. The summed E-state index contributed by atoms with van der Waals surface area (Å²) in [6.45, 7) is 8.26. The number of amides is 1. The van der Waals surface area contributed by atoms with E-state index in [4.69, 9.17) is 0 Å². The van der Waals surface area contributed by atoms with Gasteiger partial charge in [-0.1, -0.05) is 80.1 Å². The van der Waals surface area contributed by atoms with Crippen molar-refractivity contribution in [3.63, 3.8) is 0 Å². The van der Waals surface area contributed by atoms with Gasteiger partial charge in [0, 0.05) is 31.2 Å². The number of aliphatic hydroxyl groups excluding tert-OH is 1. The molecular weight excluding hydrogens is 422 g/mol. The first-order chi connectivity index (χ1) is 16.6. The predicted octanol–water partition coefficient (Wildman–Crippen LogP) is 4.21. The van der Waals surface area contributed by atoms with Crippen molar-refractivity contribution in [3.8, 4) is 0 Å². The SMILES string of the molecule is C=CN(/C(=C(\C)C(=O)N1CCNC[C@H]1Cc1ccccc1)c1ccccc1)C1CCCCC1O. The van der Waals surface area contributed by atoms with E-state index in [0.717, 1.165) is 56.5 Å². The Morgan fingerprint density at radius 1 is 1.12 bits per heavy atom. The van der Waals surface area contributed by atoms with Gasteiger partial charge in [0.2, 0.25) is 0 Å². The van der Waals surface area contributed by atoms with Crippen molar-refractivity contribution in [3.05, 3.63) is 90.1 Å². The molecule has 2 fully saturated rings. The molecule has 5 heteroatoms. The lowest BCUT2D eigenvalue weighted by atomic mass is 9.90. The molecule has 0 spiro atoms. The van der Waals surface area contributed by atoms with E-state index < -0.39 is 6.10 Å². The Labute approximate surface area is 203 Å². The Balaban J connectivity index is 1.70. The smallest absolute Gasteiger partial charge is 0.251 e. The summed E-state index contributed by atoms with van der Waals surface area (Å²) in [7, 11) is 0. The summed E-state index contributed by atoms with van der Waals surface area (Å²) in [6.07, 6.45) is 5.94. The van der Waals surface area contributed by atoms with Crippen LogP contribution in [-0.2, 0) is 11.2 Å². The second kappa shape index (κ2) is 11.5. The summed E-state index contributed by atoms with van der Waals surface area (Å²) in [5.41, 5.74) is 3.75. The van der Waals surface area contributed by atoms with Crippen LogP contribution in [0, 0.1) is 0 Å². The molecule has 3 atom stereocenters. The van der Waals surface area contributed by atoms with Crippen LogP contribution in [0.15, 0.2) is 79.0 Å². The summed E-state index contributed by atoms with van der Waals surface area (Å²) in [5, 5.41) is 14.3. The fourth-order valence-electron chi connectivity index (χ4n) is 5.38. The van der Waals surface area contributed by atoms with Gasteiger partial charge in [0.25, 0.3) is 5.91 Å². The fourth-order valence-corrected chi connectivity index (χ4v) is 5.38. The van der Waals surface area contributed by atoms with Gasteiger partial charge in [0.1, 0.15) is 0 Å². The van der Waals surface area contributed by atoms with Gasteiger partial charge in [-0.05, 0) is 43.5 Å². The maximum Gasteiger partial charge on any atom is 0.251 e. The molecule has 0 aromatic heterocycles. The van der Waals surface area contributed by atoms with Gasteiger partial charge in [-0.15, -0.1) is 0 Å². The molecule has 1 heterocycles. The fraction of sp³-hybridized carbons (Fsp3) is 0.414. The molecule has 180 valence electrons. The Hall–Kier alpha value is -2.89. The highest BCUT2D eigenvalue weighted by Crippen LogP contribution is 2.33. The van der Waals surface area contributed by atoms with Crippen molar-refractivity contribution in [2.75, 3.05) is 19.6 Å². The number of carbonyl (C=O) groups is 1.